The molecule has 4 fully saturated rings. The van der Waals surface area contributed by atoms with Gasteiger partial charge < -0.3 is 5.32 Å². The SMILES string of the molecule is O=C(CC12CC3CC(CC(C3)C1)C2)Nc1nn(Cc2ccccc2)cc1Cl. The first-order chi connectivity index (χ1) is 13.1. The van der Waals surface area contributed by atoms with Gasteiger partial charge in [-0.3, -0.25) is 9.48 Å². The van der Waals surface area contributed by atoms with Gasteiger partial charge in [-0.2, -0.15) is 5.10 Å². The van der Waals surface area contributed by atoms with E-state index in [1.807, 2.05) is 18.2 Å². The van der Waals surface area contributed by atoms with Gasteiger partial charge in [0.2, 0.25) is 5.91 Å². The third kappa shape index (κ3) is 3.52. The number of hydrogen-bond acceptors (Lipinski definition) is 2. The van der Waals surface area contributed by atoms with Gasteiger partial charge in [0.25, 0.3) is 0 Å². The van der Waals surface area contributed by atoms with Crippen LogP contribution in [0.4, 0.5) is 5.82 Å². The summed E-state index contributed by atoms with van der Waals surface area (Å²) in [5, 5.41) is 7.99. The van der Waals surface area contributed by atoms with Gasteiger partial charge in [-0.15, -0.1) is 0 Å². The minimum Gasteiger partial charge on any atom is -0.308 e. The van der Waals surface area contributed by atoms with E-state index in [2.05, 4.69) is 22.5 Å². The summed E-state index contributed by atoms with van der Waals surface area (Å²) < 4.78 is 1.79. The molecular formula is C22H26ClN3O. The monoisotopic (exact) mass is 383 g/mol. The maximum absolute atomic E-state index is 12.8. The molecule has 1 N–H and O–H groups in total. The number of hydrogen-bond donors (Lipinski definition) is 1. The van der Waals surface area contributed by atoms with Gasteiger partial charge in [0, 0.05) is 12.6 Å². The van der Waals surface area contributed by atoms with Crippen molar-refractivity contribution in [3.8, 4) is 0 Å². The predicted octanol–water partition coefficient (Wildman–Crippen LogP) is 5.13. The molecule has 0 aliphatic heterocycles. The maximum atomic E-state index is 12.8. The third-order valence-electron chi connectivity index (χ3n) is 6.86. The topological polar surface area (TPSA) is 46.9 Å². The molecule has 4 saturated carbocycles. The van der Waals surface area contributed by atoms with E-state index in [9.17, 15) is 4.79 Å². The molecule has 0 spiro atoms. The van der Waals surface area contributed by atoms with Crippen LogP contribution in [0.2, 0.25) is 5.02 Å². The van der Waals surface area contributed by atoms with Gasteiger partial charge in [-0.25, -0.2) is 0 Å². The lowest BCUT2D eigenvalue weighted by atomic mass is 9.49. The molecule has 0 atom stereocenters. The van der Waals surface area contributed by atoms with Crippen molar-refractivity contribution in [3.63, 3.8) is 0 Å². The lowest BCUT2D eigenvalue weighted by Gasteiger charge is -2.56. The number of aromatic nitrogens is 2. The van der Waals surface area contributed by atoms with Crippen LogP contribution in [0.5, 0.6) is 0 Å². The normalized spacial score (nSPS) is 31.2. The molecule has 0 radical (unpaired) electrons. The van der Waals surface area contributed by atoms with Crippen molar-refractivity contribution < 1.29 is 4.79 Å². The Bertz CT molecular complexity index is 809. The molecule has 2 aromatic rings. The maximum Gasteiger partial charge on any atom is 0.226 e. The number of benzene rings is 1. The second-order valence-electron chi connectivity index (χ2n) is 9.15. The minimum atomic E-state index is 0.0730. The van der Waals surface area contributed by atoms with E-state index in [-0.39, 0.29) is 11.3 Å². The third-order valence-corrected chi connectivity index (χ3v) is 7.14. The molecule has 1 aromatic carbocycles. The number of carbonyl (C=O) groups excluding carboxylic acids is 1. The molecule has 6 rings (SSSR count). The first-order valence-corrected chi connectivity index (χ1v) is 10.5. The first-order valence-electron chi connectivity index (χ1n) is 10.1. The number of carbonyl (C=O) groups is 1. The number of nitrogens with one attached hydrogen (secondary N) is 1. The molecular weight excluding hydrogens is 358 g/mol. The van der Waals surface area contributed by atoms with Crippen molar-refractivity contribution in [1.29, 1.82) is 0 Å². The van der Waals surface area contributed by atoms with Crippen LogP contribution in [-0.4, -0.2) is 15.7 Å². The largest absolute Gasteiger partial charge is 0.308 e. The Kier molecular flexibility index (Phi) is 4.27. The van der Waals surface area contributed by atoms with Crippen molar-refractivity contribution in [2.45, 2.75) is 51.5 Å². The average molecular weight is 384 g/mol. The van der Waals surface area contributed by atoms with E-state index < -0.39 is 0 Å². The lowest BCUT2D eigenvalue weighted by molar-refractivity contribution is -0.124. The number of amides is 1. The highest BCUT2D eigenvalue weighted by Crippen LogP contribution is 2.61. The predicted molar refractivity (Wildman–Crippen MR) is 107 cm³/mol. The summed E-state index contributed by atoms with van der Waals surface area (Å²) in [6, 6.07) is 10.1. The summed E-state index contributed by atoms with van der Waals surface area (Å²) in [5.41, 5.74) is 1.39. The fourth-order valence-electron chi connectivity index (χ4n) is 6.36. The first kappa shape index (κ1) is 17.3. The molecule has 1 heterocycles. The zero-order chi connectivity index (χ0) is 18.4. The van der Waals surface area contributed by atoms with Gasteiger partial charge >= 0.3 is 0 Å². The summed E-state index contributed by atoms with van der Waals surface area (Å²) in [5.74, 6) is 3.14. The van der Waals surface area contributed by atoms with E-state index in [1.54, 1.807) is 10.9 Å². The second-order valence-corrected chi connectivity index (χ2v) is 9.56. The summed E-state index contributed by atoms with van der Waals surface area (Å²) in [7, 11) is 0. The second kappa shape index (κ2) is 6.66. The van der Waals surface area contributed by atoms with Gasteiger partial charge in [-0.05, 0) is 67.3 Å². The van der Waals surface area contributed by atoms with Gasteiger partial charge in [0.05, 0.1) is 6.54 Å². The Balaban J connectivity index is 1.25. The fourth-order valence-corrected chi connectivity index (χ4v) is 6.55. The molecule has 1 amide bonds. The zero-order valence-electron chi connectivity index (χ0n) is 15.5. The van der Waals surface area contributed by atoms with Crippen molar-refractivity contribution in [1.82, 2.24) is 9.78 Å². The number of anilines is 1. The molecule has 4 nitrogen and oxygen atoms in total. The van der Waals surface area contributed by atoms with Gasteiger partial charge in [0.1, 0.15) is 5.02 Å². The van der Waals surface area contributed by atoms with Crippen LogP contribution in [0.3, 0.4) is 0 Å². The molecule has 27 heavy (non-hydrogen) atoms. The van der Waals surface area contributed by atoms with Crippen molar-refractivity contribution >= 4 is 23.3 Å². The zero-order valence-corrected chi connectivity index (χ0v) is 16.3. The number of rotatable bonds is 5. The smallest absolute Gasteiger partial charge is 0.226 e. The quantitative estimate of drug-likeness (QED) is 0.777. The highest BCUT2D eigenvalue weighted by molar-refractivity contribution is 6.33. The van der Waals surface area contributed by atoms with Crippen LogP contribution < -0.4 is 5.32 Å². The Hall–Kier alpha value is -1.81. The molecule has 5 heteroatoms. The fraction of sp³-hybridized carbons (Fsp3) is 0.545. The standard InChI is InChI=1S/C22H26ClN3O/c23-19-14-26(13-15-4-2-1-3-5-15)25-21(19)24-20(27)12-22-9-16-6-17(10-22)8-18(7-16)11-22/h1-5,14,16-18H,6-13H2,(H,24,25,27). The van der Waals surface area contributed by atoms with E-state index in [1.165, 1.54) is 38.5 Å². The van der Waals surface area contributed by atoms with Crippen LogP contribution in [0, 0.1) is 23.2 Å². The molecule has 0 unspecified atom stereocenters. The van der Waals surface area contributed by atoms with Crippen LogP contribution in [0.25, 0.3) is 0 Å². The van der Waals surface area contributed by atoms with E-state index in [0.29, 0.717) is 23.8 Å². The Labute approximate surface area is 165 Å². The summed E-state index contributed by atoms with van der Waals surface area (Å²) in [4.78, 5) is 12.8. The van der Waals surface area contributed by atoms with Crippen LogP contribution >= 0.6 is 11.6 Å². The highest BCUT2D eigenvalue weighted by atomic mass is 35.5. The Morgan fingerprint density at radius 2 is 1.74 bits per heavy atom. The van der Waals surface area contributed by atoms with E-state index in [0.717, 1.165) is 23.3 Å². The number of nitrogens with zero attached hydrogens (tertiary/aromatic N) is 2. The van der Waals surface area contributed by atoms with Crippen molar-refractivity contribution in [2.75, 3.05) is 5.32 Å². The highest BCUT2D eigenvalue weighted by Gasteiger charge is 2.51. The molecule has 0 saturated heterocycles. The van der Waals surface area contributed by atoms with Crippen LogP contribution in [0.15, 0.2) is 36.5 Å². The summed E-state index contributed by atoms with van der Waals surface area (Å²) in [6.07, 6.45) is 10.3. The summed E-state index contributed by atoms with van der Waals surface area (Å²) in [6.45, 7) is 0.644. The molecule has 4 aliphatic carbocycles. The Morgan fingerprint density at radius 1 is 1.11 bits per heavy atom. The van der Waals surface area contributed by atoms with Crippen molar-refractivity contribution in [3.05, 3.63) is 47.1 Å². The summed E-state index contributed by atoms with van der Waals surface area (Å²) >= 11 is 6.33. The molecule has 4 bridgehead atoms. The average Bonchev–Trinajstić information content (AvgIpc) is 2.93. The van der Waals surface area contributed by atoms with Gasteiger partial charge in [-0.1, -0.05) is 41.9 Å². The molecule has 1 aromatic heterocycles. The molecule has 4 aliphatic rings. The van der Waals surface area contributed by atoms with Crippen molar-refractivity contribution in [2.24, 2.45) is 23.2 Å². The Morgan fingerprint density at radius 3 is 2.37 bits per heavy atom. The van der Waals surface area contributed by atoms with E-state index >= 15 is 0 Å². The van der Waals surface area contributed by atoms with Gasteiger partial charge in [0.15, 0.2) is 5.82 Å². The van der Waals surface area contributed by atoms with Crippen LogP contribution in [-0.2, 0) is 11.3 Å². The van der Waals surface area contributed by atoms with Crippen LogP contribution in [0.1, 0.15) is 50.5 Å². The molecule has 142 valence electrons. The number of halogens is 1. The van der Waals surface area contributed by atoms with E-state index in [4.69, 9.17) is 11.6 Å². The minimum absolute atomic E-state index is 0.0730. The lowest BCUT2D eigenvalue weighted by Crippen LogP contribution is -2.47.